The zero-order chi connectivity index (χ0) is 13.8. The number of fused-ring (bicyclic) bond motifs is 1. The molecule has 1 saturated heterocycles. The Balaban J connectivity index is 1.71. The van der Waals surface area contributed by atoms with Crippen LogP contribution in [-0.2, 0) is 16.0 Å². The van der Waals surface area contributed by atoms with E-state index in [1.165, 1.54) is 0 Å². The van der Waals surface area contributed by atoms with Gasteiger partial charge in [-0.05, 0) is 30.9 Å². The fourth-order valence-electron chi connectivity index (χ4n) is 2.93. The van der Waals surface area contributed by atoms with Crippen molar-refractivity contribution in [3.63, 3.8) is 0 Å². The highest BCUT2D eigenvalue weighted by Crippen LogP contribution is 2.27. The highest BCUT2D eigenvalue weighted by molar-refractivity contribution is 5.79. The van der Waals surface area contributed by atoms with E-state index in [1.807, 2.05) is 23.1 Å². The van der Waals surface area contributed by atoms with E-state index < -0.39 is 0 Å². The molecule has 0 saturated carbocycles. The van der Waals surface area contributed by atoms with Crippen LogP contribution in [0, 0.1) is 5.92 Å². The summed E-state index contributed by atoms with van der Waals surface area (Å²) in [5.74, 6) is 1.23. The lowest BCUT2D eigenvalue weighted by Crippen LogP contribution is -2.38. The third-order valence-electron chi connectivity index (χ3n) is 4.05. The molecule has 0 aromatic heterocycles. The Morgan fingerprint density at radius 2 is 2.05 bits per heavy atom. The topological polar surface area (TPSA) is 38.8 Å². The van der Waals surface area contributed by atoms with E-state index in [9.17, 15) is 4.79 Å². The average Bonchev–Trinajstić information content (AvgIpc) is 2.87. The lowest BCUT2D eigenvalue weighted by Gasteiger charge is -2.24. The minimum Gasteiger partial charge on any atom is -0.493 e. The van der Waals surface area contributed by atoms with Crippen molar-refractivity contribution in [2.24, 2.45) is 5.92 Å². The van der Waals surface area contributed by atoms with Crippen LogP contribution in [-0.4, -0.2) is 43.7 Å². The first-order chi connectivity index (χ1) is 9.84. The molecule has 0 bridgehead atoms. The van der Waals surface area contributed by atoms with E-state index >= 15 is 0 Å². The quantitative estimate of drug-likeness (QED) is 0.785. The predicted octanol–water partition coefficient (Wildman–Crippen LogP) is 1.88. The van der Waals surface area contributed by atoms with Crippen molar-refractivity contribution >= 4 is 5.91 Å². The fourth-order valence-corrected chi connectivity index (χ4v) is 2.93. The lowest BCUT2D eigenvalue weighted by atomic mass is 9.95. The van der Waals surface area contributed by atoms with Crippen LogP contribution in [0.4, 0.5) is 0 Å². The van der Waals surface area contributed by atoms with Gasteiger partial charge in [0.25, 0.3) is 0 Å². The summed E-state index contributed by atoms with van der Waals surface area (Å²) in [7, 11) is 0. The lowest BCUT2D eigenvalue weighted by molar-refractivity contribution is -0.135. The summed E-state index contributed by atoms with van der Waals surface area (Å²) >= 11 is 0. The van der Waals surface area contributed by atoms with Crippen molar-refractivity contribution in [3.05, 3.63) is 29.8 Å². The van der Waals surface area contributed by atoms with Gasteiger partial charge in [0.1, 0.15) is 5.75 Å². The van der Waals surface area contributed by atoms with Crippen molar-refractivity contribution in [2.45, 2.75) is 19.3 Å². The molecule has 3 rings (SSSR count). The normalized spacial score (nSPS) is 23.2. The summed E-state index contributed by atoms with van der Waals surface area (Å²) in [4.78, 5) is 14.6. The number of carbonyl (C=O) groups is 1. The number of amides is 1. The van der Waals surface area contributed by atoms with Crippen LogP contribution < -0.4 is 4.74 Å². The van der Waals surface area contributed by atoms with Gasteiger partial charge in [0.2, 0.25) is 5.91 Å². The maximum absolute atomic E-state index is 12.7. The molecule has 1 fully saturated rings. The molecule has 2 aliphatic rings. The molecule has 20 heavy (non-hydrogen) atoms. The molecule has 0 N–H and O–H groups in total. The van der Waals surface area contributed by atoms with Gasteiger partial charge >= 0.3 is 0 Å². The molecule has 0 spiro atoms. The Bertz CT molecular complexity index is 467. The largest absolute Gasteiger partial charge is 0.493 e. The van der Waals surface area contributed by atoms with Crippen molar-refractivity contribution in [2.75, 3.05) is 32.9 Å². The van der Waals surface area contributed by atoms with E-state index in [4.69, 9.17) is 9.47 Å². The highest BCUT2D eigenvalue weighted by Gasteiger charge is 2.27. The maximum Gasteiger partial charge on any atom is 0.226 e. The summed E-state index contributed by atoms with van der Waals surface area (Å²) in [5, 5.41) is 0. The molecular weight excluding hydrogens is 254 g/mol. The molecule has 1 amide bonds. The van der Waals surface area contributed by atoms with E-state index in [2.05, 4.69) is 6.07 Å². The van der Waals surface area contributed by atoms with Gasteiger partial charge in [-0.15, -0.1) is 0 Å². The summed E-state index contributed by atoms with van der Waals surface area (Å²) in [5.41, 5.74) is 1.15. The average molecular weight is 275 g/mol. The Hall–Kier alpha value is -1.55. The van der Waals surface area contributed by atoms with Crippen LogP contribution in [0.5, 0.6) is 5.75 Å². The molecule has 2 aliphatic heterocycles. The number of hydrogen-bond donors (Lipinski definition) is 0. The van der Waals surface area contributed by atoms with Gasteiger partial charge < -0.3 is 14.4 Å². The minimum atomic E-state index is 0.0387. The van der Waals surface area contributed by atoms with Crippen LogP contribution in [0.1, 0.15) is 18.4 Å². The summed E-state index contributed by atoms with van der Waals surface area (Å²) in [6, 6.07) is 8.04. The molecule has 1 aromatic rings. The summed E-state index contributed by atoms with van der Waals surface area (Å²) in [6.07, 6.45) is 2.52. The van der Waals surface area contributed by atoms with Gasteiger partial charge in [0.05, 0.1) is 13.2 Å². The second-order valence-corrected chi connectivity index (χ2v) is 5.44. The van der Waals surface area contributed by atoms with Crippen molar-refractivity contribution in [1.29, 1.82) is 0 Å². The fraction of sp³-hybridized carbons (Fsp3) is 0.562. The van der Waals surface area contributed by atoms with Gasteiger partial charge in [0.15, 0.2) is 0 Å². The van der Waals surface area contributed by atoms with Crippen molar-refractivity contribution in [3.8, 4) is 5.75 Å². The molecule has 0 radical (unpaired) electrons. The van der Waals surface area contributed by atoms with Gasteiger partial charge in [-0.25, -0.2) is 0 Å². The third-order valence-corrected chi connectivity index (χ3v) is 4.05. The maximum atomic E-state index is 12.7. The predicted molar refractivity (Wildman–Crippen MR) is 75.8 cm³/mol. The number of carbonyl (C=O) groups excluding carboxylic acids is 1. The second kappa shape index (κ2) is 6.27. The van der Waals surface area contributed by atoms with Crippen molar-refractivity contribution < 1.29 is 14.3 Å². The Kier molecular flexibility index (Phi) is 4.21. The highest BCUT2D eigenvalue weighted by atomic mass is 16.5. The van der Waals surface area contributed by atoms with Crippen LogP contribution in [0.15, 0.2) is 24.3 Å². The molecule has 1 unspecified atom stereocenters. The number of benzene rings is 1. The van der Waals surface area contributed by atoms with Crippen LogP contribution >= 0.6 is 0 Å². The van der Waals surface area contributed by atoms with Gasteiger partial charge in [-0.2, -0.15) is 0 Å². The first kappa shape index (κ1) is 13.4. The molecule has 108 valence electrons. The zero-order valence-electron chi connectivity index (χ0n) is 11.7. The zero-order valence-corrected chi connectivity index (χ0v) is 11.7. The molecule has 1 aromatic carbocycles. The molecular formula is C16H21NO3. The van der Waals surface area contributed by atoms with Gasteiger partial charge in [0, 0.05) is 25.6 Å². The first-order valence-electron chi connectivity index (χ1n) is 7.42. The van der Waals surface area contributed by atoms with Crippen LogP contribution in [0.2, 0.25) is 0 Å². The Morgan fingerprint density at radius 3 is 3.00 bits per heavy atom. The SMILES string of the molecule is O=C(C1CCOc2ccccc2C1)N1CCCOCC1. The Morgan fingerprint density at radius 1 is 1.15 bits per heavy atom. The number of para-hydroxylation sites is 1. The van der Waals surface area contributed by atoms with Gasteiger partial charge in [-0.3, -0.25) is 4.79 Å². The third kappa shape index (κ3) is 2.96. The molecule has 2 heterocycles. The van der Waals surface area contributed by atoms with E-state index in [0.717, 1.165) is 50.3 Å². The van der Waals surface area contributed by atoms with Crippen LogP contribution in [0.25, 0.3) is 0 Å². The molecule has 4 nitrogen and oxygen atoms in total. The second-order valence-electron chi connectivity index (χ2n) is 5.44. The number of hydrogen-bond acceptors (Lipinski definition) is 3. The number of ether oxygens (including phenoxy) is 2. The summed E-state index contributed by atoms with van der Waals surface area (Å²) in [6.45, 7) is 3.58. The Labute approximate surface area is 119 Å². The van der Waals surface area contributed by atoms with E-state index in [-0.39, 0.29) is 11.8 Å². The van der Waals surface area contributed by atoms with E-state index in [0.29, 0.717) is 13.2 Å². The standard InChI is InChI=1S/C16H21NO3/c18-16(17-7-3-9-19-11-8-17)14-6-10-20-15-5-2-1-4-13(15)12-14/h1-2,4-5,14H,3,6-12H2. The van der Waals surface area contributed by atoms with Crippen LogP contribution in [0.3, 0.4) is 0 Å². The van der Waals surface area contributed by atoms with Crippen molar-refractivity contribution in [1.82, 2.24) is 4.90 Å². The number of nitrogens with zero attached hydrogens (tertiary/aromatic N) is 1. The number of rotatable bonds is 1. The summed E-state index contributed by atoms with van der Waals surface area (Å²) < 4.78 is 11.2. The smallest absolute Gasteiger partial charge is 0.226 e. The van der Waals surface area contributed by atoms with Gasteiger partial charge in [-0.1, -0.05) is 18.2 Å². The van der Waals surface area contributed by atoms with E-state index in [1.54, 1.807) is 0 Å². The molecule has 0 aliphatic carbocycles. The molecule has 1 atom stereocenters. The first-order valence-corrected chi connectivity index (χ1v) is 7.42. The molecule has 4 heteroatoms. The minimum absolute atomic E-state index is 0.0387. The monoisotopic (exact) mass is 275 g/mol.